The fraction of sp³-hybridized carbons (Fsp3) is 0.462. The third-order valence-electron chi connectivity index (χ3n) is 2.41. The first-order valence-electron chi connectivity index (χ1n) is 5.11. The van der Waals surface area contributed by atoms with Gasteiger partial charge in [-0.15, -0.1) is 0 Å². The molecule has 0 fully saturated rings. The molecule has 2 nitrogen and oxygen atoms in total. The standard InChI is InChI=1S/C13H18O2/c1-13(2,3)11-7-5-6-10(8-9-11)12(14)15-4/h5,7-9H,6H2,1-4H3. The summed E-state index contributed by atoms with van der Waals surface area (Å²) in [5, 5.41) is 0. The molecule has 0 N–H and O–H groups in total. The van der Waals surface area contributed by atoms with Crippen molar-refractivity contribution in [1.82, 2.24) is 0 Å². The van der Waals surface area contributed by atoms with E-state index in [1.54, 1.807) is 0 Å². The van der Waals surface area contributed by atoms with Crippen molar-refractivity contribution >= 4 is 5.97 Å². The van der Waals surface area contributed by atoms with Crippen LogP contribution in [0.4, 0.5) is 0 Å². The number of methoxy groups -OCH3 is 1. The van der Waals surface area contributed by atoms with E-state index in [1.807, 2.05) is 18.2 Å². The van der Waals surface area contributed by atoms with Crippen molar-refractivity contribution in [3.8, 4) is 0 Å². The molecule has 0 amide bonds. The van der Waals surface area contributed by atoms with E-state index in [0.29, 0.717) is 12.0 Å². The van der Waals surface area contributed by atoms with Crippen molar-refractivity contribution in [3.63, 3.8) is 0 Å². The lowest BCUT2D eigenvalue weighted by Crippen LogP contribution is -2.06. The van der Waals surface area contributed by atoms with Crippen LogP contribution in [-0.2, 0) is 9.53 Å². The van der Waals surface area contributed by atoms with Gasteiger partial charge in [-0.1, -0.05) is 45.1 Å². The van der Waals surface area contributed by atoms with Crippen LogP contribution in [0.3, 0.4) is 0 Å². The zero-order valence-electron chi connectivity index (χ0n) is 9.83. The second kappa shape index (κ2) is 4.47. The van der Waals surface area contributed by atoms with Gasteiger partial charge in [0.05, 0.1) is 7.11 Å². The van der Waals surface area contributed by atoms with Gasteiger partial charge in [-0.3, -0.25) is 0 Å². The fourth-order valence-corrected chi connectivity index (χ4v) is 1.41. The van der Waals surface area contributed by atoms with Crippen molar-refractivity contribution < 1.29 is 9.53 Å². The molecule has 0 atom stereocenters. The maximum Gasteiger partial charge on any atom is 0.334 e. The second-order valence-corrected chi connectivity index (χ2v) is 4.66. The molecule has 1 rings (SSSR count). The molecule has 0 aromatic heterocycles. The van der Waals surface area contributed by atoms with Gasteiger partial charge in [0.2, 0.25) is 0 Å². The van der Waals surface area contributed by atoms with E-state index in [-0.39, 0.29) is 11.4 Å². The Hall–Kier alpha value is -1.31. The number of hydrogen-bond acceptors (Lipinski definition) is 2. The molecule has 0 unspecified atom stereocenters. The Morgan fingerprint density at radius 3 is 2.53 bits per heavy atom. The summed E-state index contributed by atoms with van der Waals surface area (Å²) in [6.45, 7) is 6.46. The Morgan fingerprint density at radius 1 is 1.33 bits per heavy atom. The van der Waals surface area contributed by atoms with Gasteiger partial charge in [-0.25, -0.2) is 4.79 Å². The Bertz CT molecular complexity index is 338. The monoisotopic (exact) mass is 206 g/mol. The highest BCUT2D eigenvalue weighted by molar-refractivity contribution is 5.89. The van der Waals surface area contributed by atoms with Gasteiger partial charge in [-0.05, 0) is 17.4 Å². The van der Waals surface area contributed by atoms with Crippen molar-refractivity contribution in [1.29, 1.82) is 0 Å². The maximum atomic E-state index is 11.3. The highest BCUT2D eigenvalue weighted by Gasteiger charge is 2.16. The lowest BCUT2D eigenvalue weighted by atomic mass is 9.86. The molecule has 0 heterocycles. The number of hydrogen-bond donors (Lipinski definition) is 0. The molecule has 0 saturated carbocycles. The summed E-state index contributed by atoms with van der Waals surface area (Å²) in [6, 6.07) is 0. The average molecular weight is 206 g/mol. The molecule has 0 spiro atoms. The summed E-state index contributed by atoms with van der Waals surface area (Å²) in [6.07, 6.45) is 8.57. The molecule has 0 aliphatic heterocycles. The predicted octanol–water partition coefficient (Wildman–Crippen LogP) is 3.02. The van der Waals surface area contributed by atoms with Gasteiger partial charge in [0, 0.05) is 5.57 Å². The molecule has 82 valence electrons. The lowest BCUT2D eigenvalue weighted by molar-refractivity contribution is -0.136. The fourth-order valence-electron chi connectivity index (χ4n) is 1.41. The Kier molecular flexibility index (Phi) is 3.51. The van der Waals surface area contributed by atoms with E-state index >= 15 is 0 Å². The highest BCUT2D eigenvalue weighted by Crippen LogP contribution is 2.28. The molecule has 0 radical (unpaired) electrons. The number of rotatable bonds is 1. The van der Waals surface area contributed by atoms with Crippen LogP contribution < -0.4 is 0 Å². The molecular formula is C13H18O2. The number of ether oxygens (including phenoxy) is 1. The normalized spacial score (nSPS) is 16.5. The summed E-state index contributed by atoms with van der Waals surface area (Å²) in [7, 11) is 1.41. The van der Waals surface area contributed by atoms with E-state index in [9.17, 15) is 4.79 Å². The molecule has 0 aromatic rings. The van der Waals surface area contributed by atoms with E-state index in [2.05, 4.69) is 26.8 Å². The van der Waals surface area contributed by atoms with Crippen LogP contribution in [0.1, 0.15) is 27.2 Å². The van der Waals surface area contributed by atoms with Crippen LogP contribution in [0, 0.1) is 5.41 Å². The predicted molar refractivity (Wildman–Crippen MR) is 61.4 cm³/mol. The Balaban J connectivity index is 2.95. The summed E-state index contributed by atoms with van der Waals surface area (Å²) < 4.78 is 4.70. The third kappa shape index (κ3) is 3.08. The number of allylic oxidation sites excluding steroid dienone is 5. The smallest absolute Gasteiger partial charge is 0.334 e. The molecule has 0 aromatic carbocycles. The second-order valence-electron chi connectivity index (χ2n) is 4.66. The average Bonchev–Trinajstić information content (AvgIpc) is 2.40. The van der Waals surface area contributed by atoms with E-state index < -0.39 is 0 Å². The molecule has 1 aliphatic rings. The van der Waals surface area contributed by atoms with Crippen LogP contribution in [0.2, 0.25) is 0 Å². The minimum Gasteiger partial charge on any atom is -0.466 e. The van der Waals surface area contributed by atoms with Gasteiger partial charge >= 0.3 is 5.97 Å². The largest absolute Gasteiger partial charge is 0.466 e. The van der Waals surface area contributed by atoms with Crippen molar-refractivity contribution in [2.75, 3.05) is 7.11 Å². The number of carbonyl (C=O) groups is 1. The third-order valence-corrected chi connectivity index (χ3v) is 2.41. The van der Waals surface area contributed by atoms with Crippen LogP contribution in [0.15, 0.2) is 35.5 Å². The molecule has 0 saturated heterocycles. The first-order chi connectivity index (χ1) is 6.95. The van der Waals surface area contributed by atoms with E-state index in [4.69, 9.17) is 4.74 Å². The summed E-state index contributed by atoms with van der Waals surface area (Å²) >= 11 is 0. The number of esters is 1. The summed E-state index contributed by atoms with van der Waals surface area (Å²) in [5.41, 5.74) is 2.04. The minimum absolute atomic E-state index is 0.110. The van der Waals surface area contributed by atoms with Crippen LogP contribution in [0.25, 0.3) is 0 Å². The van der Waals surface area contributed by atoms with Crippen molar-refractivity contribution in [3.05, 3.63) is 35.5 Å². The van der Waals surface area contributed by atoms with Gasteiger partial charge in [0.1, 0.15) is 0 Å². The van der Waals surface area contributed by atoms with Crippen molar-refractivity contribution in [2.45, 2.75) is 27.2 Å². The van der Waals surface area contributed by atoms with Crippen molar-refractivity contribution in [2.24, 2.45) is 5.41 Å². The Labute approximate surface area is 91.3 Å². The van der Waals surface area contributed by atoms with E-state index in [0.717, 1.165) is 0 Å². The van der Waals surface area contributed by atoms with Gasteiger partial charge in [0.15, 0.2) is 0 Å². The van der Waals surface area contributed by atoms with Gasteiger partial charge < -0.3 is 4.74 Å². The lowest BCUT2D eigenvalue weighted by Gasteiger charge is -2.19. The molecule has 15 heavy (non-hydrogen) atoms. The molecule has 2 heteroatoms. The number of carbonyl (C=O) groups excluding carboxylic acids is 1. The van der Waals surface area contributed by atoms with Gasteiger partial charge in [-0.2, -0.15) is 0 Å². The maximum absolute atomic E-state index is 11.3. The molecule has 0 bridgehead atoms. The van der Waals surface area contributed by atoms with Gasteiger partial charge in [0.25, 0.3) is 0 Å². The van der Waals surface area contributed by atoms with Crippen LogP contribution in [-0.4, -0.2) is 13.1 Å². The SMILES string of the molecule is COC(=O)C1=CC=C(C(C)(C)C)C=CC1. The molecular weight excluding hydrogens is 188 g/mol. The first-order valence-corrected chi connectivity index (χ1v) is 5.11. The quantitative estimate of drug-likeness (QED) is 0.616. The summed E-state index contributed by atoms with van der Waals surface area (Å²) in [5.74, 6) is -0.244. The Morgan fingerprint density at radius 2 is 2.00 bits per heavy atom. The van der Waals surface area contributed by atoms with Crippen LogP contribution >= 0.6 is 0 Å². The zero-order chi connectivity index (χ0) is 11.5. The molecule has 1 aliphatic carbocycles. The minimum atomic E-state index is -0.244. The van der Waals surface area contributed by atoms with Crippen LogP contribution in [0.5, 0.6) is 0 Å². The topological polar surface area (TPSA) is 26.3 Å². The van der Waals surface area contributed by atoms with E-state index in [1.165, 1.54) is 12.7 Å². The zero-order valence-corrected chi connectivity index (χ0v) is 9.83. The highest BCUT2D eigenvalue weighted by atomic mass is 16.5. The first kappa shape index (κ1) is 11.8. The summed E-state index contributed by atoms with van der Waals surface area (Å²) in [4.78, 5) is 11.3.